The van der Waals surface area contributed by atoms with Gasteiger partial charge in [-0.15, -0.1) is 0 Å². The van der Waals surface area contributed by atoms with Crippen LogP contribution in [0.3, 0.4) is 0 Å². The number of hydrogen-bond acceptors (Lipinski definition) is 3. The summed E-state index contributed by atoms with van der Waals surface area (Å²) in [6.07, 6.45) is 0.880. The predicted molar refractivity (Wildman–Crippen MR) is 69.1 cm³/mol. The lowest BCUT2D eigenvalue weighted by atomic mass is 10.2. The van der Waals surface area contributed by atoms with Crippen molar-refractivity contribution in [3.63, 3.8) is 0 Å². The van der Waals surface area contributed by atoms with E-state index in [1.807, 2.05) is 18.7 Å². The fourth-order valence-corrected chi connectivity index (χ4v) is 1.76. The molecule has 0 fully saturated rings. The third kappa shape index (κ3) is 3.06. The molecule has 2 rings (SSSR count). The summed E-state index contributed by atoms with van der Waals surface area (Å²) in [6, 6.07) is 8.40. The van der Waals surface area contributed by atoms with E-state index in [1.165, 1.54) is 5.56 Å². The Hall–Kier alpha value is -1.84. The number of benzene rings is 1. The van der Waals surface area contributed by atoms with Crippen molar-refractivity contribution >= 4 is 5.69 Å². The summed E-state index contributed by atoms with van der Waals surface area (Å²) < 4.78 is 1.84. The molecular weight excluding hydrogens is 212 g/mol. The van der Waals surface area contributed by atoms with Crippen LogP contribution in [0.5, 0.6) is 0 Å². The van der Waals surface area contributed by atoms with Crippen molar-refractivity contribution in [2.45, 2.75) is 20.3 Å². The molecule has 0 unspecified atom stereocenters. The zero-order valence-corrected chi connectivity index (χ0v) is 10.6. The molecule has 1 N–H and O–H groups in total. The highest BCUT2D eigenvalue weighted by Gasteiger charge is 2.02. The number of nitrogens with one attached hydrogen (secondary N) is 1. The third-order valence-corrected chi connectivity index (χ3v) is 2.69. The van der Waals surface area contributed by atoms with E-state index in [4.69, 9.17) is 0 Å². The monoisotopic (exact) mass is 230 g/mol. The summed E-state index contributed by atoms with van der Waals surface area (Å²) in [5.74, 6) is 1.85. The fraction of sp³-hybridized carbons (Fsp3) is 0.385. The highest BCUT2D eigenvalue weighted by molar-refractivity contribution is 5.44. The number of anilines is 1. The summed E-state index contributed by atoms with van der Waals surface area (Å²) in [5.41, 5.74) is 2.42. The maximum atomic E-state index is 4.37. The van der Waals surface area contributed by atoms with Gasteiger partial charge < -0.3 is 5.32 Å². The molecule has 0 saturated heterocycles. The van der Waals surface area contributed by atoms with Gasteiger partial charge in [0.1, 0.15) is 11.6 Å². The van der Waals surface area contributed by atoms with Gasteiger partial charge in [0.2, 0.25) is 0 Å². The Kier molecular flexibility index (Phi) is 3.42. The van der Waals surface area contributed by atoms with Crippen LogP contribution in [0.4, 0.5) is 5.69 Å². The molecule has 0 aliphatic carbocycles. The van der Waals surface area contributed by atoms with Crippen LogP contribution >= 0.6 is 0 Å². The molecule has 0 aliphatic heterocycles. The molecule has 0 spiro atoms. The Morgan fingerprint density at radius 3 is 2.47 bits per heavy atom. The smallest absolute Gasteiger partial charge is 0.147 e. The van der Waals surface area contributed by atoms with Gasteiger partial charge in [-0.2, -0.15) is 5.10 Å². The molecule has 90 valence electrons. The standard InChI is InChI=1S/C13H18N4/c1-10-4-6-12(7-5-10)14-9-8-13-15-11(2)16-17(13)3/h4-7,14H,8-9H2,1-3H3. The molecule has 0 aliphatic rings. The second-order valence-electron chi connectivity index (χ2n) is 4.24. The van der Waals surface area contributed by atoms with Crippen LogP contribution in [0, 0.1) is 13.8 Å². The van der Waals surface area contributed by atoms with Gasteiger partial charge in [-0.25, -0.2) is 4.98 Å². The van der Waals surface area contributed by atoms with Crippen molar-refractivity contribution < 1.29 is 0 Å². The molecule has 1 aromatic carbocycles. The van der Waals surface area contributed by atoms with Crippen molar-refractivity contribution in [2.24, 2.45) is 7.05 Å². The number of hydrogen-bond donors (Lipinski definition) is 1. The molecule has 2 aromatic rings. The first-order valence-corrected chi connectivity index (χ1v) is 5.82. The highest BCUT2D eigenvalue weighted by atomic mass is 15.3. The highest BCUT2D eigenvalue weighted by Crippen LogP contribution is 2.08. The Labute approximate surface area is 102 Å². The van der Waals surface area contributed by atoms with Gasteiger partial charge >= 0.3 is 0 Å². The average molecular weight is 230 g/mol. The molecule has 4 nitrogen and oxygen atoms in total. The Morgan fingerprint density at radius 2 is 1.88 bits per heavy atom. The molecule has 4 heteroatoms. The van der Waals surface area contributed by atoms with Crippen molar-refractivity contribution in [3.05, 3.63) is 41.5 Å². The van der Waals surface area contributed by atoms with E-state index >= 15 is 0 Å². The van der Waals surface area contributed by atoms with Gasteiger partial charge in [-0.1, -0.05) is 17.7 Å². The van der Waals surface area contributed by atoms with Gasteiger partial charge in [0, 0.05) is 25.7 Å². The van der Waals surface area contributed by atoms with Crippen LogP contribution in [0.25, 0.3) is 0 Å². The normalized spacial score (nSPS) is 10.5. The van der Waals surface area contributed by atoms with Crippen LogP contribution in [-0.4, -0.2) is 21.3 Å². The summed E-state index contributed by atoms with van der Waals surface area (Å²) in [4.78, 5) is 4.37. The summed E-state index contributed by atoms with van der Waals surface area (Å²) >= 11 is 0. The maximum Gasteiger partial charge on any atom is 0.147 e. The Morgan fingerprint density at radius 1 is 1.18 bits per heavy atom. The van der Waals surface area contributed by atoms with Crippen molar-refractivity contribution in [1.29, 1.82) is 0 Å². The van der Waals surface area contributed by atoms with Crippen LogP contribution in [-0.2, 0) is 13.5 Å². The zero-order chi connectivity index (χ0) is 12.3. The van der Waals surface area contributed by atoms with Gasteiger partial charge in [0.25, 0.3) is 0 Å². The van der Waals surface area contributed by atoms with Gasteiger partial charge in [-0.3, -0.25) is 4.68 Å². The van der Waals surface area contributed by atoms with E-state index < -0.39 is 0 Å². The van der Waals surface area contributed by atoms with Gasteiger partial charge in [0.05, 0.1) is 0 Å². The molecule has 0 radical (unpaired) electrons. The number of nitrogens with zero attached hydrogens (tertiary/aromatic N) is 3. The van der Waals surface area contributed by atoms with Crippen LogP contribution in [0.15, 0.2) is 24.3 Å². The second kappa shape index (κ2) is 4.99. The minimum absolute atomic E-state index is 0.831. The predicted octanol–water partition coefficient (Wildman–Crippen LogP) is 2.09. The summed E-state index contributed by atoms with van der Waals surface area (Å²) in [5, 5.41) is 7.60. The minimum atomic E-state index is 0.831. The number of aryl methyl sites for hydroxylation is 3. The van der Waals surface area contributed by atoms with E-state index in [0.29, 0.717) is 0 Å². The van der Waals surface area contributed by atoms with Crippen LogP contribution in [0.1, 0.15) is 17.2 Å². The summed E-state index contributed by atoms with van der Waals surface area (Å²) in [6.45, 7) is 4.87. The average Bonchev–Trinajstić information content (AvgIpc) is 2.60. The lowest BCUT2D eigenvalue weighted by molar-refractivity contribution is 0.698. The van der Waals surface area contributed by atoms with Crippen LogP contribution < -0.4 is 5.32 Å². The molecule has 0 saturated carbocycles. The van der Waals surface area contributed by atoms with E-state index in [9.17, 15) is 0 Å². The molecule has 1 heterocycles. The van der Waals surface area contributed by atoms with Gasteiger partial charge in [-0.05, 0) is 26.0 Å². The van der Waals surface area contributed by atoms with Gasteiger partial charge in [0.15, 0.2) is 0 Å². The van der Waals surface area contributed by atoms with Crippen LogP contribution in [0.2, 0.25) is 0 Å². The number of rotatable bonds is 4. The lowest BCUT2D eigenvalue weighted by Crippen LogP contribution is -2.09. The third-order valence-electron chi connectivity index (χ3n) is 2.69. The van der Waals surface area contributed by atoms with E-state index in [2.05, 4.69) is 46.6 Å². The topological polar surface area (TPSA) is 42.7 Å². The first-order valence-electron chi connectivity index (χ1n) is 5.82. The molecule has 17 heavy (non-hydrogen) atoms. The quantitative estimate of drug-likeness (QED) is 0.874. The summed E-state index contributed by atoms with van der Waals surface area (Å²) in [7, 11) is 1.93. The minimum Gasteiger partial charge on any atom is -0.385 e. The SMILES string of the molecule is Cc1ccc(NCCc2nc(C)nn2C)cc1. The Bertz CT molecular complexity index is 485. The van der Waals surface area contributed by atoms with E-state index in [0.717, 1.165) is 30.3 Å². The molecular formula is C13H18N4. The lowest BCUT2D eigenvalue weighted by Gasteiger charge is -2.06. The van der Waals surface area contributed by atoms with E-state index in [-0.39, 0.29) is 0 Å². The second-order valence-corrected chi connectivity index (χ2v) is 4.24. The zero-order valence-electron chi connectivity index (χ0n) is 10.6. The first kappa shape index (κ1) is 11.6. The first-order chi connectivity index (χ1) is 8.15. The number of aromatic nitrogens is 3. The molecule has 0 amide bonds. The molecule has 0 bridgehead atoms. The van der Waals surface area contributed by atoms with Crippen molar-refractivity contribution in [1.82, 2.24) is 14.8 Å². The molecule has 0 atom stereocenters. The molecule has 1 aromatic heterocycles. The van der Waals surface area contributed by atoms with E-state index in [1.54, 1.807) is 0 Å². The Balaban J connectivity index is 1.87. The van der Waals surface area contributed by atoms with Crippen molar-refractivity contribution in [2.75, 3.05) is 11.9 Å². The van der Waals surface area contributed by atoms with Crippen molar-refractivity contribution in [3.8, 4) is 0 Å². The maximum absolute atomic E-state index is 4.37. The fourth-order valence-electron chi connectivity index (χ4n) is 1.76. The largest absolute Gasteiger partial charge is 0.385 e.